The van der Waals surface area contributed by atoms with E-state index in [1.165, 1.54) is 0 Å². The van der Waals surface area contributed by atoms with Gasteiger partial charge in [-0.2, -0.15) is 10.2 Å². The molecule has 24 heavy (non-hydrogen) atoms. The molecule has 0 saturated carbocycles. The first-order valence-corrected chi connectivity index (χ1v) is 8.60. The molecule has 1 N–H and O–H groups in total. The highest BCUT2D eigenvalue weighted by Gasteiger charge is 2.30. The Kier molecular flexibility index (Phi) is 3.92. The van der Waals surface area contributed by atoms with E-state index in [1.54, 1.807) is 6.20 Å². The summed E-state index contributed by atoms with van der Waals surface area (Å²) in [5, 5.41) is 15.4. The number of fused-ring (bicyclic) bond motifs is 1. The molecule has 3 heterocycles. The Bertz CT molecular complexity index is 720. The van der Waals surface area contributed by atoms with Crippen LogP contribution in [0, 0.1) is 0 Å². The number of carbonyl (C=O) groups excluding carboxylic acids is 1. The SMILES string of the molecule is CN(c1cccnn1)C1CCN(C(=O)c2n[nH]c3c2CCC3)CC1. The van der Waals surface area contributed by atoms with Crippen LogP contribution in [0.15, 0.2) is 18.3 Å². The number of aromatic nitrogens is 4. The largest absolute Gasteiger partial charge is 0.355 e. The highest BCUT2D eigenvalue weighted by molar-refractivity contribution is 5.94. The summed E-state index contributed by atoms with van der Waals surface area (Å²) in [5.74, 6) is 0.961. The van der Waals surface area contributed by atoms with Crippen LogP contribution in [-0.2, 0) is 12.8 Å². The maximum absolute atomic E-state index is 12.8. The van der Waals surface area contributed by atoms with Gasteiger partial charge in [0.1, 0.15) is 0 Å². The zero-order chi connectivity index (χ0) is 16.5. The van der Waals surface area contributed by atoms with Gasteiger partial charge in [0.2, 0.25) is 0 Å². The number of rotatable bonds is 3. The monoisotopic (exact) mass is 326 g/mol. The maximum atomic E-state index is 12.8. The van der Waals surface area contributed by atoms with Gasteiger partial charge in [-0.3, -0.25) is 9.89 Å². The van der Waals surface area contributed by atoms with E-state index in [0.717, 1.165) is 62.3 Å². The molecule has 0 radical (unpaired) electrons. The number of hydrogen-bond donors (Lipinski definition) is 1. The highest BCUT2D eigenvalue weighted by atomic mass is 16.2. The van der Waals surface area contributed by atoms with E-state index in [1.807, 2.05) is 24.1 Å². The molecule has 1 fully saturated rings. The van der Waals surface area contributed by atoms with Gasteiger partial charge in [-0.1, -0.05) is 0 Å². The van der Waals surface area contributed by atoms with Crippen molar-refractivity contribution < 1.29 is 4.79 Å². The molecular weight excluding hydrogens is 304 g/mol. The Hall–Kier alpha value is -2.44. The number of likely N-dealkylation sites (tertiary alicyclic amines) is 1. The molecule has 7 heteroatoms. The second-order valence-electron chi connectivity index (χ2n) is 6.60. The minimum atomic E-state index is 0.0787. The van der Waals surface area contributed by atoms with Crippen molar-refractivity contribution >= 4 is 11.7 Å². The lowest BCUT2D eigenvalue weighted by atomic mass is 10.0. The summed E-state index contributed by atoms with van der Waals surface area (Å²) in [5.41, 5.74) is 2.93. The summed E-state index contributed by atoms with van der Waals surface area (Å²) >= 11 is 0. The predicted molar refractivity (Wildman–Crippen MR) is 90.0 cm³/mol. The van der Waals surface area contributed by atoms with Crippen LogP contribution in [0.5, 0.6) is 0 Å². The number of nitrogens with zero attached hydrogens (tertiary/aromatic N) is 5. The van der Waals surface area contributed by atoms with Gasteiger partial charge in [0, 0.05) is 43.6 Å². The number of nitrogens with one attached hydrogen (secondary N) is 1. The number of aromatic amines is 1. The quantitative estimate of drug-likeness (QED) is 0.923. The number of hydrogen-bond acceptors (Lipinski definition) is 5. The number of aryl methyl sites for hydroxylation is 1. The zero-order valence-corrected chi connectivity index (χ0v) is 13.9. The fraction of sp³-hybridized carbons (Fsp3) is 0.529. The van der Waals surface area contributed by atoms with Gasteiger partial charge in [0.25, 0.3) is 5.91 Å². The van der Waals surface area contributed by atoms with Crippen LogP contribution in [0.2, 0.25) is 0 Å². The summed E-state index contributed by atoms with van der Waals surface area (Å²) in [6.07, 6.45) is 6.66. The van der Waals surface area contributed by atoms with Crippen molar-refractivity contribution in [3.8, 4) is 0 Å². The summed E-state index contributed by atoms with van der Waals surface area (Å²) in [6.45, 7) is 1.52. The first kappa shape index (κ1) is 15.1. The van der Waals surface area contributed by atoms with E-state index in [0.29, 0.717) is 11.7 Å². The van der Waals surface area contributed by atoms with Crippen LogP contribution in [-0.4, -0.2) is 57.4 Å². The zero-order valence-electron chi connectivity index (χ0n) is 13.9. The van der Waals surface area contributed by atoms with Crippen LogP contribution < -0.4 is 4.90 Å². The molecule has 126 valence electrons. The van der Waals surface area contributed by atoms with Crippen molar-refractivity contribution in [2.45, 2.75) is 38.1 Å². The fourth-order valence-corrected chi connectivity index (χ4v) is 3.77. The number of piperidine rings is 1. The molecule has 0 aromatic carbocycles. The number of amides is 1. The van der Waals surface area contributed by atoms with E-state index in [9.17, 15) is 4.79 Å². The number of H-pyrrole nitrogens is 1. The van der Waals surface area contributed by atoms with Crippen molar-refractivity contribution in [1.82, 2.24) is 25.3 Å². The fourth-order valence-electron chi connectivity index (χ4n) is 3.77. The molecule has 2 aliphatic rings. The lowest BCUT2D eigenvalue weighted by molar-refractivity contribution is 0.0706. The van der Waals surface area contributed by atoms with Crippen molar-refractivity contribution in [1.29, 1.82) is 0 Å². The minimum absolute atomic E-state index is 0.0787. The third-order valence-electron chi connectivity index (χ3n) is 5.23. The van der Waals surface area contributed by atoms with Gasteiger partial charge in [0.15, 0.2) is 11.5 Å². The molecule has 0 spiro atoms. The first-order chi connectivity index (χ1) is 11.7. The lowest BCUT2D eigenvalue weighted by Gasteiger charge is -2.36. The molecule has 4 rings (SSSR count). The van der Waals surface area contributed by atoms with Gasteiger partial charge >= 0.3 is 0 Å². The van der Waals surface area contributed by atoms with Gasteiger partial charge in [-0.25, -0.2) is 0 Å². The Morgan fingerprint density at radius 2 is 2.17 bits per heavy atom. The van der Waals surface area contributed by atoms with Crippen LogP contribution in [0.3, 0.4) is 0 Å². The molecule has 2 aromatic rings. The van der Waals surface area contributed by atoms with E-state index < -0.39 is 0 Å². The second kappa shape index (κ2) is 6.22. The molecule has 0 unspecified atom stereocenters. The standard InChI is InChI=1S/C17H22N6O/c1-22(15-6-3-9-18-20-15)12-7-10-23(11-8-12)17(24)16-13-4-2-5-14(13)19-21-16/h3,6,9,12H,2,4-5,7-8,10-11H2,1H3,(H,19,21). The van der Waals surface area contributed by atoms with Gasteiger partial charge < -0.3 is 9.80 Å². The topological polar surface area (TPSA) is 78.0 Å². The molecule has 7 nitrogen and oxygen atoms in total. The van der Waals surface area contributed by atoms with E-state index in [-0.39, 0.29) is 5.91 Å². The molecular formula is C17H22N6O. The Morgan fingerprint density at radius 3 is 2.92 bits per heavy atom. The van der Waals surface area contributed by atoms with Crippen LogP contribution in [0.25, 0.3) is 0 Å². The van der Waals surface area contributed by atoms with Crippen LogP contribution in [0.4, 0.5) is 5.82 Å². The lowest BCUT2D eigenvalue weighted by Crippen LogP contribution is -2.46. The van der Waals surface area contributed by atoms with Gasteiger partial charge in [-0.15, -0.1) is 5.10 Å². The minimum Gasteiger partial charge on any atom is -0.355 e. The first-order valence-electron chi connectivity index (χ1n) is 8.60. The molecule has 1 saturated heterocycles. The average Bonchev–Trinajstić information content (AvgIpc) is 3.25. The van der Waals surface area contributed by atoms with Crippen molar-refractivity contribution in [3.05, 3.63) is 35.3 Å². The number of anilines is 1. The van der Waals surface area contributed by atoms with Crippen LogP contribution >= 0.6 is 0 Å². The summed E-state index contributed by atoms with van der Waals surface area (Å²) < 4.78 is 0. The molecule has 1 aliphatic carbocycles. The highest BCUT2D eigenvalue weighted by Crippen LogP contribution is 2.25. The molecule has 2 aromatic heterocycles. The maximum Gasteiger partial charge on any atom is 0.274 e. The van der Waals surface area contributed by atoms with Crippen molar-refractivity contribution in [2.75, 3.05) is 25.0 Å². The van der Waals surface area contributed by atoms with E-state index in [4.69, 9.17) is 0 Å². The van der Waals surface area contributed by atoms with Gasteiger partial charge in [-0.05, 0) is 44.2 Å². The second-order valence-corrected chi connectivity index (χ2v) is 6.60. The molecule has 0 atom stereocenters. The number of carbonyl (C=O) groups is 1. The normalized spacial score (nSPS) is 17.8. The Labute approximate surface area is 141 Å². The Balaban J connectivity index is 1.40. The smallest absolute Gasteiger partial charge is 0.274 e. The van der Waals surface area contributed by atoms with E-state index >= 15 is 0 Å². The van der Waals surface area contributed by atoms with E-state index in [2.05, 4.69) is 25.3 Å². The van der Waals surface area contributed by atoms with Crippen molar-refractivity contribution in [3.63, 3.8) is 0 Å². The average molecular weight is 326 g/mol. The third-order valence-corrected chi connectivity index (χ3v) is 5.23. The molecule has 1 amide bonds. The Morgan fingerprint density at radius 1 is 1.33 bits per heavy atom. The third kappa shape index (κ3) is 2.64. The predicted octanol–water partition coefficient (Wildman–Crippen LogP) is 1.43. The summed E-state index contributed by atoms with van der Waals surface area (Å²) in [7, 11) is 2.05. The van der Waals surface area contributed by atoms with Crippen molar-refractivity contribution in [2.24, 2.45) is 0 Å². The summed E-state index contributed by atoms with van der Waals surface area (Å²) in [4.78, 5) is 16.9. The summed E-state index contributed by atoms with van der Waals surface area (Å²) in [6, 6.07) is 4.25. The molecule has 1 aliphatic heterocycles. The van der Waals surface area contributed by atoms with Gasteiger partial charge in [0.05, 0.1) is 0 Å². The molecule has 0 bridgehead atoms. The van der Waals surface area contributed by atoms with Crippen LogP contribution in [0.1, 0.15) is 41.0 Å².